The third kappa shape index (κ3) is 5.25. The summed E-state index contributed by atoms with van der Waals surface area (Å²) in [5, 5.41) is 4.09. The number of nitrogens with zero attached hydrogens (tertiary/aromatic N) is 2. The quantitative estimate of drug-likeness (QED) is 0.331. The van der Waals surface area contributed by atoms with Gasteiger partial charge in [-0.1, -0.05) is 71.7 Å². The van der Waals surface area contributed by atoms with Crippen LogP contribution in [0.15, 0.2) is 72.8 Å². The van der Waals surface area contributed by atoms with Crippen molar-refractivity contribution in [3.63, 3.8) is 0 Å². The molecule has 0 aliphatic carbocycles. The number of amides is 2. The normalized spacial score (nSPS) is 15.5. The van der Waals surface area contributed by atoms with Gasteiger partial charge in [0, 0.05) is 12.2 Å². The third-order valence-corrected chi connectivity index (χ3v) is 6.62. The number of aryl methyl sites for hydroxylation is 1. The highest BCUT2D eigenvalue weighted by Crippen LogP contribution is 2.37. The molecule has 34 heavy (non-hydrogen) atoms. The number of carbonyl (C=O) groups is 2. The number of carbonyl (C=O) groups excluding carboxylic acids is 2. The summed E-state index contributed by atoms with van der Waals surface area (Å²) in [5.41, 5.74) is 3.21. The Morgan fingerprint density at radius 2 is 1.71 bits per heavy atom. The molecule has 1 atom stereocenters. The lowest BCUT2D eigenvalue weighted by atomic mass is 10.1. The van der Waals surface area contributed by atoms with E-state index in [0.717, 1.165) is 21.7 Å². The molecule has 8 heteroatoms. The Kier molecular flexibility index (Phi) is 7.51. The summed E-state index contributed by atoms with van der Waals surface area (Å²) >= 11 is 18.4. The second-order valence-electron chi connectivity index (χ2n) is 8.09. The molecule has 1 fully saturated rings. The van der Waals surface area contributed by atoms with Gasteiger partial charge in [0.15, 0.2) is 5.11 Å². The number of rotatable bonds is 6. The number of para-hydroxylation sites is 1. The first-order valence-electron chi connectivity index (χ1n) is 10.8. The molecule has 0 radical (unpaired) electrons. The number of hydrogen-bond donors (Lipinski definition) is 1. The number of thiocarbonyl (C=S) groups is 1. The summed E-state index contributed by atoms with van der Waals surface area (Å²) in [4.78, 5) is 29.4. The Labute approximate surface area is 214 Å². The van der Waals surface area contributed by atoms with Gasteiger partial charge in [0.05, 0.1) is 22.2 Å². The maximum atomic E-state index is 13.5. The van der Waals surface area contributed by atoms with Crippen LogP contribution in [0.5, 0.6) is 0 Å². The lowest BCUT2D eigenvalue weighted by molar-refractivity contribution is -0.122. The van der Waals surface area contributed by atoms with Gasteiger partial charge >= 0.3 is 0 Å². The number of halogens is 2. The first-order chi connectivity index (χ1) is 16.3. The molecule has 1 saturated heterocycles. The van der Waals surface area contributed by atoms with E-state index >= 15 is 0 Å². The van der Waals surface area contributed by atoms with Crippen LogP contribution in [0.1, 0.15) is 17.5 Å². The lowest BCUT2D eigenvalue weighted by Gasteiger charge is -2.30. The summed E-state index contributed by atoms with van der Waals surface area (Å²) in [6.07, 6.45) is 0.631. The Morgan fingerprint density at radius 1 is 1.03 bits per heavy atom. The predicted molar refractivity (Wildman–Crippen MR) is 142 cm³/mol. The van der Waals surface area contributed by atoms with E-state index < -0.39 is 11.9 Å². The Hall–Kier alpha value is -2.93. The van der Waals surface area contributed by atoms with Crippen LogP contribution in [0.2, 0.25) is 10.0 Å². The molecule has 3 aromatic carbocycles. The highest BCUT2D eigenvalue weighted by Gasteiger charge is 2.44. The Balaban J connectivity index is 1.63. The average molecular weight is 512 g/mol. The minimum atomic E-state index is -0.770. The van der Waals surface area contributed by atoms with E-state index in [-0.39, 0.29) is 28.1 Å². The fourth-order valence-electron chi connectivity index (χ4n) is 4.01. The minimum absolute atomic E-state index is 0.0230. The molecule has 4 rings (SSSR count). The lowest BCUT2D eigenvalue weighted by Crippen LogP contribution is -2.48. The van der Waals surface area contributed by atoms with Crippen molar-refractivity contribution in [3.05, 3.63) is 94.0 Å². The van der Waals surface area contributed by atoms with Gasteiger partial charge in [-0.2, -0.15) is 0 Å². The SMILES string of the molecule is Cc1cccc(NC(=S)N(CCc2ccccc2)[C@H]2CC(=O)N(c3c(Cl)cccc3Cl)C2=O)c1. The first-order valence-corrected chi connectivity index (χ1v) is 12.0. The first kappa shape index (κ1) is 24.2. The van der Waals surface area contributed by atoms with E-state index in [4.69, 9.17) is 35.4 Å². The molecule has 3 aromatic rings. The molecule has 1 aliphatic heterocycles. The Bertz CT molecular complexity index is 1220. The maximum Gasteiger partial charge on any atom is 0.257 e. The van der Waals surface area contributed by atoms with Crippen molar-refractivity contribution in [1.82, 2.24) is 4.90 Å². The fourth-order valence-corrected chi connectivity index (χ4v) is 4.91. The molecule has 0 aromatic heterocycles. The van der Waals surface area contributed by atoms with Crippen LogP contribution in [0.3, 0.4) is 0 Å². The largest absolute Gasteiger partial charge is 0.336 e. The van der Waals surface area contributed by atoms with Crippen LogP contribution in [0.25, 0.3) is 0 Å². The van der Waals surface area contributed by atoms with Gasteiger partial charge in [0.25, 0.3) is 5.91 Å². The van der Waals surface area contributed by atoms with E-state index in [1.54, 1.807) is 23.1 Å². The number of imide groups is 1. The summed E-state index contributed by atoms with van der Waals surface area (Å²) in [7, 11) is 0. The van der Waals surface area contributed by atoms with Crippen molar-refractivity contribution in [1.29, 1.82) is 0 Å². The molecule has 0 bridgehead atoms. The molecule has 1 aliphatic rings. The van der Waals surface area contributed by atoms with Gasteiger partial charge in [-0.3, -0.25) is 9.59 Å². The highest BCUT2D eigenvalue weighted by molar-refractivity contribution is 7.80. The number of hydrogen-bond acceptors (Lipinski definition) is 3. The zero-order valence-corrected chi connectivity index (χ0v) is 20.8. The topological polar surface area (TPSA) is 52.7 Å². The molecule has 2 amide bonds. The van der Waals surface area contributed by atoms with Crippen molar-refractivity contribution in [2.24, 2.45) is 0 Å². The molecular weight excluding hydrogens is 489 g/mol. The summed E-state index contributed by atoms with van der Waals surface area (Å²) in [6.45, 7) is 2.45. The molecule has 1 heterocycles. The second kappa shape index (κ2) is 10.6. The van der Waals surface area contributed by atoms with E-state index in [0.29, 0.717) is 18.1 Å². The molecule has 0 unspecified atom stereocenters. The van der Waals surface area contributed by atoms with E-state index in [9.17, 15) is 9.59 Å². The van der Waals surface area contributed by atoms with Crippen molar-refractivity contribution in [2.75, 3.05) is 16.8 Å². The van der Waals surface area contributed by atoms with Crippen LogP contribution in [-0.2, 0) is 16.0 Å². The molecule has 174 valence electrons. The standard InChI is InChI=1S/C26H23Cl2N3O2S/c1-17-7-5-10-19(15-17)29-26(34)30(14-13-18-8-3-2-4-9-18)22-16-23(32)31(25(22)33)24-20(27)11-6-12-21(24)28/h2-12,15,22H,13-14,16H2,1H3,(H,29,34)/t22-/m0/s1. The van der Waals surface area contributed by atoms with Gasteiger partial charge < -0.3 is 10.2 Å². The van der Waals surface area contributed by atoms with Gasteiger partial charge in [0.2, 0.25) is 5.91 Å². The van der Waals surface area contributed by atoms with Crippen molar-refractivity contribution >= 4 is 63.7 Å². The van der Waals surface area contributed by atoms with Crippen LogP contribution in [0, 0.1) is 6.92 Å². The Morgan fingerprint density at radius 3 is 2.38 bits per heavy atom. The van der Waals surface area contributed by atoms with Crippen molar-refractivity contribution < 1.29 is 9.59 Å². The number of anilines is 2. The molecule has 0 spiro atoms. The van der Waals surface area contributed by atoms with Crippen LogP contribution in [0.4, 0.5) is 11.4 Å². The summed E-state index contributed by atoms with van der Waals surface area (Å²) in [6, 6.07) is 21.8. The zero-order valence-electron chi connectivity index (χ0n) is 18.5. The maximum absolute atomic E-state index is 13.5. The average Bonchev–Trinajstić information content (AvgIpc) is 3.08. The number of nitrogens with one attached hydrogen (secondary N) is 1. The summed E-state index contributed by atoms with van der Waals surface area (Å²) < 4.78 is 0. The van der Waals surface area contributed by atoms with E-state index in [1.807, 2.05) is 61.5 Å². The smallest absolute Gasteiger partial charge is 0.257 e. The monoisotopic (exact) mass is 511 g/mol. The summed E-state index contributed by atoms with van der Waals surface area (Å²) in [5.74, 6) is -0.769. The van der Waals surface area contributed by atoms with Crippen molar-refractivity contribution in [3.8, 4) is 0 Å². The molecule has 1 N–H and O–H groups in total. The molecule has 5 nitrogen and oxygen atoms in total. The second-order valence-corrected chi connectivity index (χ2v) is 9.29. The van der Waals surface area contributed by atoms with Crippen LogP contribution >= 0.6 is 35.4 Å². The van der Waals surface area contributed by atoms with E-state index in [1.165, 1.54) is 0 Å². The van der Waals surface area contributed by atoms with Gasteiger partial charge in [-0.05, 0) is 61.0 Å². The molecule has 0 saturated carbocycles. The fraction of sp³-hybridized carbons (Fsp3) is 0.192. The zero-order chi connectivity index (χ0) is 24.2. The van der Waals surface area contributed by atoms with Gasteiger partial charge in [0.1, 0.15) is 6.04 Å². The predicted octanol–water partition coefficient (Wildman–Crippen LogP) is 5.88. The van der Waals surface area contributed by atoms with E-state index in [2.05, 4.69) is 5.32 Å². The molecular formula is C26H23Cl2N3O2S. The van der Waals surface area contributed by atoms with Crippen molar-refractivity contribution in [2.45, 2.75) is 25.8 Å². The minimum Gasteiger partial charge on any atom is -0.336 e. The van der Waals surface area contributed by atoms with Crippen LogP contribution in [-0.4, -0.2) is 34.4 Å². The van der Waals surface area contributed by atoms with Crippen LogP contribution < -0.4 is 10.2 Å². The number of benzene rings is 3. The van der Waals surface area contributed by atoms with Gasteiger partial charge in [-0.25, -0.2) is 4.90 Å². The highest BCUT2D eigenvalue weighted by atomic mass is 35.5. The third-order valence-electron chi connectivity index (χ3n) is 5.67. The van der Waals surface area contributed by atoms with Gasteiger partial charge in [-0.15, -0.1) is 0 Å².